The van der Waals surface area contributed by atoms with E-state index in [1.54, 1.807) is 0 Å². The standard InChI is InChI=1S/C18H37NO4/c1-4-7-10-20-14-16-18(22-12-9-6-3)17(15(19)13-23-16)21-11-8-5-2/h15-18H,4-14,19H2,1-3H3/t15-,16-,17-,18+/m1/s1. The fourth-order valence-electron chi connectivity index (χ4n) is 2.62. The van der Waals surface area contributed by atoms with Crippen LogP contribution in [0.5, 0.6) is 0 Å². The molecular weight excluding hydrogens is 294 g/mol. The molecule has 23 heavy (non-hydrogen) atoms. The molecule has 0 unspecified atom stereocenters. The largest absolute Gasteiger partial charge is 0.379 e. The van der Waals surface area contributed by atoms with Gasteiger partial charge in [-0.1, -0.05) is 40.0 Å². The SMILES string of the molecule is CCCCOC[C@H]1OC[C@@H](N)[C@@H](OCCCC)[C@H]1OCCCC. The van der Waals surface area contributed by atoms with Gasteiger partial charge in [0, 0.05) is 19.8 Å². The van der Waals surface area contributed by atoms with E-state index in [0.717, 1.165) is 58.3 Å². The van der Waals surface area contributed by atoms with Crippen molar-refractivity contribution in [1.29, 1.82) is 0 Å². The molecule has 1 heterocycles. The van der Waals surface area contributed by atoms with Crippen molar-refractivity contribution in [2.75, 3.05) is 33.0 Å². The van der Waals surface area contributed by atoms with E-state index in [0.29, 0.717) is 13.2 Å². The summed E-state index contributed by atoms with van der Waals surface area (Å²) in [5, 5.41) is 0. The van der Waals surface area contributed by atoms with Gasteiger partial charge in [-0.05, 0) is 19.3 Å². The minimum Gasteiger partial charge on any atom is -0.379 e. The van der Waals surface area contributed by atoms with E-state index in [4.69, 9.17) is 24.7 Å². The van der Waals surface area contributed by atoms with E-state index in [1.807, 2.05) is 0 Å². The van der Waals surface area contributed by atoms with Gasteiger partial charge >= 0.3 is 0 Å². The van der Waals surface area contributed by atoms with Crippen molar-refractivity contribution >= 4 is 0 Å². The topological polar surface area (TPSA) is 62.9 Å². The first-order chi connectivity index (χ1) is 11.2. The highest BCUT2D eigenvalue weighted by atomic mass is 16.6. The molecule has 0 amide bonds. The molecule has 1 rings (SSSR count). The molecule has 0 aromatic heterocycles. The zero-order valence-corrected chi connectivity index (χ0v) is 15.3. The quantitative estimate of drug-likeness (QED) is 0.526. The van der Waals surface area contributed by atoms with Gasteiger partial charge in [0.15, 0.2) is 0 Å². The van der Waals surface area contributed by atoms with E-state index in [1.165, 1.54) is 0 Å². The monoisotopic (exact) mass is 331 g/mol. The highest BCUT2D eigenvalue weighted by Crippen LogP contribution is 2.22. The van der Waals surface area contributed by atoms with Crippen LogP contribution in [0.2, 0.25) is 0 Å². The maximum absolute atomic E-state index is 6.22. The Bertz CT molecular complexity index is 278. The van der Waals surface area contributed by atoms with Gasteiger partial charge in [0.25, 0.3) is 0 Å². The Morgan fingerprint density at radius 2 is 1.43 bits per heavy atom. The van der Waals surface area contributed by atoms with Crippen molar-refractivity contribution in [2.24, 2.45) is 5.73 Å². The first-order valence-corrected chi connectivity index (χ1v) is 9.42. The molecule has 2 N–H and O–H groups in total. The van der Waals surface area contributed by atoms with Crippen LogP contribution < -0.4 is 5.73 Å². The highest BCUT2D eigenvalue weighted by molar-refractivity contribution is 4.91. The number of hydrogen-bond donors (Lipinski definition) is 1. The van der Waals surface area contributed by atoms with Crippen molar-refractivity contribution in [3.63, 3.8) is 0 Å². The van der Waals surface area contributed by atoms with Crippen molar-refractivity contribution in [2.45, 2.75) is 83.6 Å². The predicted molar refractivity (Wildman–Crippen MR) is 92.7 cm³/mol. The summed E-state index contributed by atoms with van der Waals surface area (Å²) in [7, 11) is 0. The van der Waals surface area contributed by atoms with Gasteiger partial charge in [-0.25, -0.2) is 0 Å². The lowest BCUT2D eigenvalue weighted by Gasteiger charge is -2.41. The van der Waals surface area contributed by atoms with Crippen LogP contribution in [0.3, 0.4) is 0 Å². The summed E-state index contributed by atoms with van der Waals surface area (Å²) in [4.78, 5) is 0. The summed E-state index contributed by atoms with van der Waals surface area (Å²) < 4.78 is 23.8. The Hall–Kier alpha value is -0.200. The second kappa shape index (κ2) is 13.1. The van der Waals surface area contributed by atoms with E-state index in [9.17, 15) is 0 Å². The van der Waals surface area contributed by atoms with Gasteiger partial charge in [0.05, 0.1) is 19.3 Å². The third-order valence-corrected chi connectivity index (χ3v) is 4.16. The molecular formula is C18H37NO4. The van der Waals surface area contributed by atoms with Gasteiger partial charge in [-0.2, -0.15) is 0 Å². The first kappa shape index (κ1) is 20.8. The molecule has 0 radical (unpaired) electrons. The first-order valence-electron chi connectivity index (χ1n) is 9.42. The molecule has 0 aromatic carbocycles. The summed E-state index contributed by atoms with van der Waals surface area (Å²) in [6.45, 7) is 9.75. The Morgan fingerprint density at radius 1 is 0.870 bits per heavy atom. The van der Waals surface area contributed by atoms with Crippen LogP contribution in [0.1, 0.15) is 59.3 Å². The maximum atomic E-state index is 6.22. The minimum atomic E-state index is -0.135. The average molecular weight is 331 g/mol. The molecule has 0 aromatic rings. The van der Waals surface area contributed by atoms with Gasteiger partial charge in [0.2, 0.25) is 0 Å². The van der Waals surface area contributed by atoms with Crippen molar-refractivity contribution in [1.82, 2.24) is 0 Å². The summed E-state index contributed by atoms with van der Waals surface area (Å²) in [5.74, 6) is 0. The van der Waals surface area contributed by atoms with Gasteiger partial charge < -0.3 is 24.7 Å². The van der Waals surface area contributed by atoms with Gasteiger partial charge in [-0.3, -0.25) is 0 Å². The third kappa shape index (κ3) is 7.94. The van der Waals surface area contributed by atoms with Crippen LogP contribution in [-0.2, 0) is 18.9 Å². The Morgan fingerprint density at radius 3 is 2.04 bits per heavy atom. The second-order valence-electron chi connectivity index (χ2n) is 6.34. The summed E-state index contributed by atoms with van der Waals surface area (Å²) >= 11 is 0. The predicted octanol–water partition coefficient (Wildman–Crippen LogP) is 2.90. The maximum Gasteiger partial charge on any atom is 0.114 e. The van der Waals surface area contributed by atoms with Crippen molar-refractivity contribution < 1.29 is 18.9 Å². The van der Waals surface area contributed by atoms with Crippen molar-refractivity contribution in [3.05, 3.63) is 0 Å². The Labute approximate surface area is 142 Å². The van der Waals surface area contributed by atoms with E-state index >= 15 is 0 Å². The van der Waals surface area contributed by atoms with Crippen LogP contribution in [0.15, 0.2) is 0 Å². The molecule has 0 spiro atoms. The fourth-order valence-corrected chi connectivity index (χ4v) is 2.62. The molecule has 138 valence electrons. The molecule has 1 fully saturated rings. The van der Waals surface area contributed by atoms with Crippen molar-refractivity contribution in [3.8, 4) is 0 Å². The number of unbranched alkanes of at least 4 members (excludes halogenated alkanes) is 3. The van der Waals surface area contributed by atoms with Crippen LogP contribution in [-0.4, -0.2) is 57.4 Å². The average Bonchev–Trinajstić information content (AvgIpc) is 2.55. The zero-order valence-electron chi connectivity index (χ0n) is 15.3. The number of hydrogen-bond acceptors (Lipinski definition) is 5. The smallest absolute Gasteiger partial charge is 0.114 e. The number of nitrogens with two attached hydrogens (primary N) is 1. The highest BCUT2D eigenvalue weighted by Gasteiger charge is 2.40. The van der Waals surface area contributed by atoms with Crippen LogP contribution >= 0.6 is 0 Å². The second-order valence-corrected chi connectivity index (χ2v) is 6.34. The molecule has 0 bridgehead atoms. The van der Waals surface area contributed by atoms with E-state index in [2.05, 4.69) is 20.8 Å². The van der Waals surface area contributed by atoms with Crippen LogP contribution in [0.25, 0.3) is 0 Å². The molecule has 0 saturated carbocycles. The van der Waals surface area contributed by atoms with Crippen LogP contribution in [0, 0.1) is 0 Å². The molecule has 4 atom stereocenters. The van der Waals surface area contributed by atoms with Gasteiger partial charge in [0.1, 0.15) is 18.3 Å². The molecule has 5 nitrogen and oxygen atoms in total. The molecule has 5 heteroatoms. The third-order valence-electron chi connectivity index (χ3n) is 4.16. The fraction of sp³-hybridized carbons (Fsp3) is 1.00. The van der Waals surface area contributed by atoms with E-state index < -0.39 is 0 Å². The molecule has 1 aliphatic heterocycles. The normalized spacial score (nSPS) is 28.2. The zero-order chi connectivity index (χ0) is 16.9. The van der Waals surface area contributed by atoms with Gasteiger partial charge in [-0.15, -0.1) is 0 Å². The molecule has 1 aliphatic rings. The summed E-state index contributed by atoms with van der Waals surface area (Å²) in [6, 6.07) is -0.134. The van der Waals surface area contributed by atoms with Crippen LogP contribution in [0.4, 0.5) is 0 Å². The summed E-state index contributed by atoms with van der Waals surface area (Å²) in [6.07, 6.45) is 6.19. The Balaban J connectivity index is 2.57. The minimum absolute atomic E-state index is 0.0878. The lowest BCUT2D eigenvalue weighted by atomic mass is 9.98. The lowest BCUT2D eigenvalue weighted by Crippen LogP contribution is -2.59. The molecule has 0 aliphatic carbocycles. The Kier molecular flexibility index (Phi) is 11.9. The number of rotatable bonds is 13. The van der Waals surface area contributed by atoms with E-state index in [-0.39, 0.29) is 24.4 Å². The lowest BCUT2D eigenvalue weighted by molar-refractivity contribution is -0.197. The molecule has 1 saturated heterocycles. The number of ether oxygens (including phenoxy) is 4. The summed E-state index contributed by atoms with van der Waals surface area (Å²) in [5.41, 5.74) is 6.22.